The Balaban J connectivity index is 1.42. The highest BCUT2D eigenvalue weighted by molar-refractivity contribution is 5.87. The van der Waals surface area contributed by atoms with Crippen LogP contribution < -0.4 is 10.6 Å². The van der Waals surface area contributed by atoms with E-state index < -0.39 is 0 Å². The molecule has 4 N–H and O–H groups in total. The number of hydrogen-bond acceptors (Lipinski definition) is 5. The summed E-state index contributed by atoms with van der Waals surface area (Å²) < 4.78 is 0. The number of H-pyrrole nitrogens is 2. The predicted molar refractivity (Wildman–Crippen MR) is 110 cm³/mol. The SMILES string of the molecule is NCC1(c2cccc(-c3cn[nH]c3)c2)CCN(c2ncnc3[nH]ccc23)CC1. The fraction of sp³-hybridized carbons (Fsp3) is 0.286. The Labute approximate surface area is 163 Å². The van der Waals surface area contributed by atoms with Gasteiger partial charge < -0.3 is 15.6 Å². The van der Waals surface area contributed by atoms with Gasteiger partial charge in [-0.15, -0.1) is 0 Å². The molecule has 28 heavy (non-hydrogen) atoms. The van der Waals surface area contributed by atoms with E-state index in [1.807, 2.05) is 24.7 Å². The van der Waals surface area contributed by atoms with Crippen LogP contribution in [-0.4, -0.2) is 44.8 Å². The van der Waals surface area contributed by atoms with Crippen molar-refractivity contribution in [1.29, 1.82) is 0 Å². The van der Waals surface area contributed by atoms with Gasteiger partial charge in [0.1, 0.15) is 17.8 Å². The Morgan fingerprint density at radius 2 is 2.00 bits per heavy atom. The molecule has 4 aromatic rings. The molecule has 1 saturated heterocycles. The Kier molecular flexibility index (Phi) is 4.09. The number of nitrogens with one attached hydrogen (secondary N) is 2. The van der Waals surface area contributed by atoms with Gasteiger partial charge >= 0.3 is 0 Å². The summed E-state index contributed by atoms with van der Waals surface area (Å²) in [4.78, 5) is 14.4. The first-order valence-corrected chi connectivity index (χ1v) is 9.62. The first-order chi connectivity index (χ1) is 13.8. The summed E-state index contributed by atoms with van der Waals surface area (Å²) >= 11 is 0. The minimum atomic E-state index is -0.0134. The van der Waals surface area contributed by atoms with Crippen molar-refractivity contribution in [3.05, 3.63) is 60.8 Å². The summed E-state index contributed by atoms with van der Waals surface area (Å²) in [5, 5.41) is 8.04. The van der Waals surface area contributed by atoms with Crippen LogP contribution in [0.1, 0.15) is 18.4 Å². The van der Waals surface area contributed by atoms with Crippen LogP contribution in [0, 0.1) is 0 Å². The summed E-state index contributed by atoms with van der Waals surface area (Å²) in [7, 11) is 0. The van der Waals surface area contributed by atoms with Crippen LogP contribution in [0.2, 0.25) is 0 Å². The van der Waals surface area contributed by atoms with Crippen LogP contribution in [0.15, 0.2) is 55.2 Å². The number of nitrogens with two attached hydrogens (primary N) is 1. The van der Waals surface area contributed by atoms with E-state index in [2.05, 4.69) is 54.3 Å². The van der Waals surface area contributed by atoms with Crippen molar-refractivity contribution in [2.24, 2.45) is 5.73 Å². The Morgan fingerprint density at radius 3 is 2.79 bits per heavy atom. The van der Waals surface area contributed by atoms with E-state index in [1.54, 1.807) is 6.33 Å². The molecule has 0 spiro atoms. The van der Waals surface area contributed by atoms with E-state index in [0.29, 0.717) is 6.54 Å². The Morgan fingerprint density at radius 1 is 1.11 bits per heavy atom. The van der Waals surface area contributed by atoms with Crippen molar-refractivity contribution < 1.29 is 0 Å². The zero-order valence-electron chi connectivity index (χ0n) is 15.6. The number of piperidine rings is 1. The molecule has 5 rings (SSSR count). The van der Waals surface area contributed by atoms with Crippen molar-refractivity contribution in [1.82, 2.24) is 25.1 Å². The van der Waals surface area contributed by atoms with Crippen molar-refractivity contribution in [2.75, 3.05) is 24.5 Å². The van der Waals surface area contributed by atoms with Crippen LogP contribution >= 0.6 is 0 Å². The lowest BCUT2D eigenvalue weighted by atomic mass is 9.72. The number of aromatic amines is 2. The molecular weight excluding hydrogens is 350 g/mol. The average molecular weight is 373 g/mol. The molecule has 1 aliphatic heterocycles. The molecule has 7 heteroatoms. The summed E-state index contributed by atoms with van der Waals surface area (Å²) in [6.07, 6.45) is 9.32. The van der Waals surface area contributed by atoms with Crippen molar-refractivity contribution >= 4 is 16.9 Å². The maximum atomic E-state index is 6.33. The monoisotopic (exact) mass is 373 g/mol. The normalized spacial score (nSPS) is 16.5. The van der Waals surface area contributed by atoms with E-state index in [9.17, 15) is 0 Å². The lowest BCUT2D eigenvalue weighted by Gasteiger charge is -2.42. The zero-order chi connectivity index (χ0) is 19.0. The third kappa shape index (κ3) is 2.75. The molecule has 3 aromatic heterocycles. The molecule has 0 atom stereocenters. The quantitative estimate of drug-likeness (QED) is 0.511. The minimum Gasteiger partial charge on any atom is -0.356 e. The molecule has 0 bridgehead atoms. The van der Waals surface area contributed by atoms with Crippen LogP contribution in [0.5, 0.6) is 0 Å². The number of hydrogen-bond donors (Lipinski definition) is 3. The van der Waals surface area contributed by atoms with Gasteiger partial charge in [-0.3, -0.25) is 5.10 Å². The molecule has 0 saturated carbocycles. The van der Waals surface area contributed by atoms with E-state index in [0.717, 1.165) is 48.3 Å². The number of aromatic nitrogens is 5. The van der Waals surface area contributed by atoms with Gasteiger partial charge in [-0.05, 0) is 30.0 Å². The second-order valence-electron chi connectivity index (χ2n) is 7.48. The Bertz CT molecular complexity index is 1080. The largest absolute Gasteiger partial charge is 0.356 e. The van der Waals surface area contributed by atoms with Gasteiger partial charge in [-0.2, -0.15) is 5.10 Å². The topological polar surface area (TPSA) is 99.5 Å². The maximum absolute atomic E-state index is 6.33. The van der Waals surface area contributed by atoms with Gasteiger partial charge in [-0.25, -0.2) is 9.97 Å². The molecule has 4 heterocycles. The zero-order valence-corrected chi connectivity index (χ0v) is 15.6. The van der Waals surface area contributed by atoms with Crippen molar-refractivity contribution in [3.63, 3.8) is 0 Å². The fourth-order valence-corrected chi connectivity index (χ4v) is 4.31. The van der Waals surface area contributed by atoms with Crippen molar-refractivity contribution in [3.8, 4) is 11.1 Å². The Hall–Kier alpha value is -3.19. The minimum absolute atomic E-state index is 0.0134. The number of benzene rings is 1. The number of anilines is 1. The smallest absolute Gasteiger partial charge is 0.142 e. The molecule has 0 amide bonds. The van der Waals surface area contributed by atoms with E-state index in [4.69, 9.17) is 5.73 Å². The van der Waals surface area contributed by atoms with Gasteiger partial charge in [0.25, 0.3) is 0 Å². The fourth-order valence-electron chi connectivity index (χ4n) is 4.31. The summed E-state index contributed by atoms with van der Waals surface area (Å²) in [6, 6.07) is 10.8. The molecule has 1 aromatic carbocycles. The molecule has 1 aliphatic rings. The van der Waals surface area contributed by atoms with Crippen molar-refractivity contribution in [2.45, 2.75) is 18.3 Å². The lowest BCUT2D eigenvalue weighted by molar-refractivity contribution is 0.339. The predicted octanol–water partition coefficient (Wildman–Crippen LogP) is 2.84. The molecular formula is C21H23N7. The lowest BCUT2D eigenvalue weighted by Crippen LogP contribution is -2.47. The molecule has 0 aliphatic carbocycles. The van der Waals surface area contributed by atoms with E-state index >= 15 is 0 Å². The van der Waals surface area contributed by atoms with Gasteiger partial charge in [0.15, 0.2) is 0 Å². The summed E-state index contributed by atoms with van der Waals surface area (Å²) in [5.74, 6) is 1.00. The first-order valence-electron chi connectivity index (χ1n) is 9.62. The second-order valence-corrected chi connectivity index (χ2v) is 7.48. The van der Waals surface area contributed by atoms with E-state index in [-0.39, 0.29) is 5.41 Å². The second kappa shape index (κ2) is 6.76. The standard InChI is InChI=1S/C21H23N7/c22-13-21(17-3-1-2-15(10-17)16-11-26-27-12-16)5-8-28(9-6-21)20-18-4-7-23-19(18)24-14-25-20/h1-4,7,10-12,14H,5-6,8-9,13,22H2,(H,26,27)(H,23,24,25). The van der Waals surface area contributed by atoms with Crippen LogP contribution in [0.25, 0.3) is 22.2 Å². The number of fused-ring (bicyclic) bond motifs is 1. The van der Waals surface area contributed by atoms with E-state index in [1.165, 1.54) is 11.1 Å². The molecule has 142 valence electrons. The van der Waals surface area contributed by atoms with Crippen LogP contribution in [0.3, 0.4) is 0 Å². The van der Waals surface area contributed by atoms with Gasteiger partial charge in [-0.1, -0.05) is 24.3 Å². The maximum Gasteiger partial charge on any atom is 0.142 e. The van der Waals surface area contributed by atoms with Gasteiger partial charge in [0.2, 0.25) is 0 Å². The van der Waals surface area contributed by atoms with Gasteiger partial charge in [0, 0.05) is 43.0 Å². The highest BCUT2D eigenvalue weighted by atomic mass is 15.2. The summed E-state index contributed by atoms with van der Waals surface area (Å²) in [5.41, 5.74) is 10.8. The van der Waals surface area contributed by atoms with Gasteiger partial charge in [0.05, 0.1) is 11.6 Å². The van der Waals surface area contributed by atoms with Crippen LogP contribution in [0.4, 0.5) is 5.82 Å². The average Bonchev–Trinajstić information content (AvgIpc) is 3.46. The number of rotatable bonds is 4. The molecule has 1 fully saturated rings. The summed E-state index contributed by atoms with van der Waals surface area (Å²) in [6.45, 7) is 2.48. The highest BCUT2D eigenvalue weighted by Gasteiger charge is 2.36. The molecule has 0 unspecified atom stereocenters. The molecule has 0 radical (unpaired) electrons. The molecule has 7 nitrogen and oxygen atoms in total. The highest BCUT2D eigenvalue weighted by Crippen LogP contribution is 2.38. The third-order valence-electron chi connectivity index (χ3n) is 6.05. The first kappa shape index (κ1) is 16.9. The number of nitrogens with zero attached hydrogens (tertiary/aromatic N) is 4. The van der Waals surface area contributed by atoms with Crippen LogP contribution in [-0.2, 0) is 5.41 Å². The third-order valence-corrected chi connectivity index (χ3v) is 6.05.